The molecule has 3 fully saturated rings. The zero-order valence-electron chi connectivity index (χ0n) is 15.4. The molecule has 0 spiro atoms. The third-order valence-corrected chi connectivity index (χ3v) is 6.94. The lowest BCUT2D eigenvalue weighted by molar-refractivity contribution is -0.126. The topological polar surface area (TPSA) is 41.5 Å². The van der Waals surface area contributed by atoms with Crippen molar-refractivity contribution in [2.24, 2.45) is 40.1 Å². The van der Waals surface area contributed by atoms with Gasteiger partial charge in [0.1, 0.15) is 0 Å². The fraction of sp³-hybridized carbons (Fsp3) is 0.900. The molecule has 0 heterocycles. The van der Waals surface area contributed by atoms with E-state index in [-0.39, 0.29) is 11.8 Å². The number of carbonyl (C=O) groups is 1. The van der Waals surface area contributed by atoms with Crippen LogP contribution in [0.2, 0.25) is 0 Å². The molecule has 1 N–H and O–H groups in total. The van der Waals surface area contributed by atoms with Crippen molar-refractivity contribution in [2.75, 3.05) is 0 Å². The van der Waals surface area contributed by atoms with Crippen LogP contribution in [0.5, 0.6) is 0 Å². The van der Waals surface area contributed by atoms with Crippen LogP contribution in [0.15, 0.2) is 5.10 Å². The molecule has 3 nitrogen and oxygen atoms in total. The van der Waals surface area contributed by atoms with Gasteiger partial charge in [-0.3, -0.25) is 4.79 Å². The van der Waals surface area contributed by atoms with Crippen molar-refractivity contribution in [3.05, 3.63) is 0 Å². The average molecular weight is 319 g/mol. The Morgan fingerprint density at radius 3 is 2.22 bits per heavy atom. The largest absolute Gasteiger partial charge is 0.273 e. The fourth-order valence-electron chi connectivity index (χ4n) is 5.30. The Labute approximate surface area is 141 Å². The quantitative estimate of drug-likeness (QED) is 0.591. The van der Waals surface area contributed by atoms with E-state index in [9.17, 15) is 4.79 Å². The second-order valence-electron chi connectivity index (χ2n) is 9.43. The molecule has 0 aromatic carbocycles. The van der Waals surface area contributed by atoms with Crippen molar-refractivity contribution < 1.29 is 4.79 Å². The van der Waals surface area contributed by atoms with Crippen LogP contribution in [0.25, 0.3) is 0 Å². The SMILES string of the molecule is C/C(=N/NC(=O)C1CCC(C(C)(C)C)CC1)[C@H]1C[C@H]2CC[C@H]1C2. The molecule has 23 heavy (non-hydrogen) atoms. The smallest absolute Gasteiger partial charge is 0.243 e. The molecule has 2 bridgehead atoms. The van der Waals surface area contributed by atoms with Crippen molar-refractivity contribution in [3.8, 4) is 0 Å². The lowest BCUT2D eigenvalue weighted by atomic mass is 9.70. The average Bonchev–Trinajstić information content (AvgIpc) is 3.14. The van der Waals surface area contributed by atoms with E-state index in [2.05, 4.69) is 38.2 Å². The van der Waals surface area contributed by atoms with Crippen molar-refractivity contribution in [2.45, 2.75) is 79.1 Å². The van der Waals surface area contributed by atoms with Crippen molar-refractivity contribution >= 4 is 11.6 Å². The summed E-state index contributed by atoms with van der Waals surface area (Å²) in [7, 11) is 0. The van der Waals surface area contributed by atoms with Gasteiger partial charge in [-0.15, -0.1) is 0 Å². The lowest BCUT2D eigenvalue weighted by Crippen LogP contribution is -2.34. The molecule has 1 amide bonds. The lowest BCUT2D eigenvalue weighted by Gasteiger charge is -2.36. The minimum Gasteiger partial charge on any atom is -0.273 e. The molecular weight excluding hydrogens is 284 g/mol. The highest BCUT2D eigenvalue weighted by Crippen LogP contribution is 2.48. The Kier molecular flexibility index (Phi) is 4.85. The Bertz CT molecular complexity index is 469. The summed E-state index contributed by atoms with van der Waals surface area (Å²) >= 11 is 0. The molecule has 0 radical (unpaired) electrons. The second kappa shape index (κ2) is 6.57. The maximum atomic E-state index is 12.4. The van der Waals surface area contributed by atoms with Crippen LogP contribution in [0, 0.1) is 35.0 Å². The third-order valence-electron chi connectivity index (χ3n) is 6.94. The van der Waals surface area contributed by atoms with Gasteiger partial charge in [-0.05, 0) is 75.0 Å². The zero-order valence-corrected chi connectivity index (χ0v) is 15.4. The predicted octanol–water partition coefficient (Wildman–Crippen LogP) is 4.77. The van der Waals surface area contributed by atoms with E-state index in [0.29, 0.717) is 11.3 Å². The summed E-state index contributed by atoms with van der Waals surface area (Å²) < 4.78 is 0. The highest BCUT2D eigenvalue weighted by molar-refractivity contribution is 5.87. The van der Waals surface area contributed by atoms with E-state index in [4.69, 9.17) is 0 Å². The Balaban J connectivity index is 1.47. The minimum absolute atomic E-state index is 0.153. The second-order valence-corrected chi connectivity index (χ2v) is 9.43. The van der Waals surface area contributed by atoms with E-state index in [1.807, 2.05) is 0 Å². The first-order chi connectivity index (χ1) is 10.8. The number of fused-ring (bicyclic) bond motifs is 2. The number of amides is 1. The van der Waals surface area contributed by atoms with Gasteiger partial charge in [-0.25, -0.2) is 5.43 Å². The summed E-state index contributed by atoms with van der Waals surface area (Å²) in [4.78, 5) is 12.4. The molecule has 0 aromatic rings. The van der Waals surface area contributed by atoms with Gasteiger partial charge in [-0.1, -0.05) is 27.2 Å². The van der Waals surface area contributed by atoms with Crippen molar-refractivity contribution in [1.29, 1.82) is 0 Å². The first-order valence-electron chi connectivity index (χ1n) is 9.68. The summed E-state index contributed by atoms with van der Waals surface area (Å²) in [6.45, 7) is 9.07. The van der Waals surface area contributed by atoms with Crippen LogP contribution in [0.1, 0.15) is 79.1 Å². The van der Waals surface area contributed by atoms with Gasteiger partial charge in [0, 0.05) is 17.5 Å². The Morgan fingerprint density at radius 1 is 1.00 bits per heavy atom. The highest BCUT2D eigenvalue weighted by atomic mass is 16.2. The van der Waals surface area contributed by atoms with E-state index < -0.39 is 0 Å². The number of rotatable bonds is 3. The van der Waals surface area contributed by atoms with Gasteiger partial charge in [0.05, 0.1) is 0 Å². The molecule has 0 unspecified atom stereocenters. The molecule has 3 aliphatic carbocycles. The van der Waals surface area contributed by atoms with Gasteiger partial charge in [-0.2, -0.15) is 5.10 Å². The molecular formula is C20H34N2O. The number of nitrogens with one attached hydrogen (secondary N) is 1. The molecule has 3 atom stereocenters. The molecule has 3 heteroatoms. The van der Waals surface area contributed by atoms with Crippen LogP contribution in [0.3, 0.4) is 0 Å². The van der Waals surface area contributed by atoms with Crippen LogP contribution in [-0.4, -0.2) is 11.6 Å². The monoisotopic (exact) mass is 318 g/mol. The van der Waals surface area contributed by atoms with Crippen LogP contribution in [0.4, 0.5) is 0 Å². The zero-order chi connectivity index (χ0) is 16.6. The maximum Gasteiger partial charge on any atom is 0.243 e. The van der Waals surface area contributed by atoms with Crippen molar-refractivity contribution in [1.82, 2.24) is 5.43 Å². The first-order valence-corrected chi connectivity index (χ1v) is 9.68. The normalized spacial score (nSPS) is 37.9. The van der Waals surface area contributed by atoms with E-state index >= 15 is 0 Å². The van der Waals surface area contributed by atoms with Gasteiger partial charge in [0.15, 0.2) is 0 Å². The van der Waals surface area contributed by atoms with E-state index in [1.165, 1.54) is 38.5 Å². The standard InChI is InChI=1S/C20H34N2O/c1-13(18-12-14-5-6-16(18)11-14)21-22-19(23)15-7-9-17(10-8-15)20(2,3)4/h14-18H,5-12H2,1-4H3,(H,22,23)/b21-13-/t14-,15?,16-,17?,18+/m0/s1. The highest BCUT2D eigenvalue weighted by Gasteiger charge is 2.40. The summed E-state index contributed by atoms with van der Waals surface area (Å²) in [6.07, 6.45) is 9.87. The van der Waals surface area contributed by atoms with Gasteiger partial charge >= 0.3 is 0 Å². The number of hydrazone groups is 1. The summed E-state index contributed by atoms with van der Waals surface area (Å²) in [5.74, 6) is 3.47. The summed E-state index contributed by atoms with van der Waals surface area (Å²) in [5.41, 5.74) is 4.43. The van der Waals surface area contributed by atoms with Gasteiger partial charge in [0.2, 0.25) is 5.91 Å². The van der Waals surface area contributed by atoms with E-state index in [0.717, 1.165) is 36.3 Å². The summed E-state index contributed by atoms with van der Waals surface area (Å²) in [6, 6.07) is 0. The van der Waals surface area contributed by atoms with E-state index in [1.54, 1.807) is 0 Å². The number of hydrogen-bond donors (Lipinski definition) is 1. The van der Waals surface area contributed by atoms with Crippen LogP contribution < -0.4 is 5.43 Å². The first kappa shape index (κ1) is 17.0. The number of nitrogens with zero attached hydrogens (tertiary/aromatic N) is 1. The Hall–Kier alpha value is -0.860. The molecule has 0 saturated heterocycles. The maximum absolute atomic E-state index is 12.4. The molecule has 0 aliphatic heterocycles. The Morgan fingerprint density at radius 2 is 1.70 bits per heavy atom. The molecule has 130 valence electrons. The van der Waals surface area contributed by atoms with Crippen LogP contribution >= 0.6 is 0 Å². The van der Waals surface area contributed by atoms with Gasteiger partial charge < -0.3 is 0 Å². The van der Waals surface area contributed by atoms with Crippen molar-refractivity contribution in [3.63, 3.8) is 0 Å². The fourth-order valence-corrected chi connectivity index (χ4v) is 5.30. The summed E-state index contributed by atoms with van der Waals surface area (Å²) in [5, 5.41) is 4.48. The third kappa shape index (κ3) is 3.80. The van der Waals surface area contributed by atoms with Crippen LogP contribution in [-0.2, 0) is 4.79 Å². The number of hydrogen-bond acceptors (Lipinski definition) is 2. The molecule has 3 saturated carbocycles. The van der Waals surface area contributed by atoms with Gasteiger partial charge in [0.25, 0.3) is 0 Å². The molecule has 0 aromatic heterocycles. The molecule has 3 rings (SSSR count). The predicted molar refractivity (Wildman–Crippen MR) is 95.1 cm³/mol. The minimum atomic E-state index is 0.153. The molecule has 3 aliphatic rings. The number of carbonyl (C=O) groups excluding carboxylic acids is 1.